The molecule has 0 amide bonds. The van der Waals surface area contributed by atoms with Gasteiger partial charge in [-0.25, -0.2) is 0 Å². The van der Waals surface area contributed by atoms with Gasteiger partial charge < -0.3 is 9.38 Å². The number of rotatable bonds is 1. The fourth-order valence-corrected chi connectivity index (χ4v) is 10.1. The van der Waals surface area contributed by atoms with Crippen LogP contribution >= 0.6 is 11.3 Å². The number of fused-ring (bicyclic) bond motifs is 13. The molecule has 48 heavy (non-hydrogen) atoms. The third-order valence-corrected chi connectivity index (χ3v) is 12.0. The molecule has 0 unspecified atom stereocenters. The molecule has 4 heterocycles. The van der Waals surface area contributed by atoms with Gasteiger partial charge in [-0.1, -0.05) is 115 Å². The lowest BCUT2D eigenvalue weighted by atomic mass is 9.44. The summed E-state index contributed by atoms with van der Waals surface area (Å²) in [5, 5.41) is 10.3. The van der Waals surface area contributed by atoms with Gasteiger partial charge in [0.25, 0.3) is 0 Å². The monoisotopic (exact) mass is 624 g/mol. The Labute approximate surface area is 280 Å². The maximum absolute atomic E-state index is 2.66. The highest BCUT2D eigenvalue weighted by Crippen LogP contribution is 2.51. The number of hydrogen-bond acceptors (Lipinski definition) is 2. The van der Waals surface area contributed by atoms with Crippen LogP contribution in [0.25, 0.3) is 74.6 Å². The predicted molar refractivity (Wildman–Crippen MR) is 208 cm³/mol. The SMILES string of the molecule is c1ccc2cc(N3c4cc5ccccc5cc4B4c5c(cc6sc7ccccc7c6c53)-c3cccc5c6ccccc6n4c35)ccc2c1. The van der Waals surface area contributed by atoms with E-state index in [1.165, 1.54) is 103 Å². The van der Waals surface area contributed by atoms with E-state index in [9.17, 15) is 0 Å². The van der Waals surface area contributed by atoms with Crippen molar-refractivity contribution in [1.29, 1.82) is 0 Å². The first-order chi connectivity index (χ1) is 23.8. The lowest BCUT2D eigenvalue weighted by Crippen LogP contribution is -2.56. The molecule has 220 valence electrons. The minimum Gasteiger partial charge on any atom is -0.375 e. The first-order valence-corrected chi connectivity index (χ1v) is 17.5. The highest BCUT2D eigenvalue weighted by atomic mass is 32.1. The van der Waals surface area contributed by atoms with E-state index in [2.05, 4.69) is 161 Å². The van der Waals surface area contributed by atoms with Crippen LogP contribution in [-0.4, -0.2) is 11.3 Å². The van der Waals surface area contributed by atoms with Crippen molar-refractivity contribution in [2.24, 2.45) is 0 Å². The lowest BCUT2D eigenvalue weighted by Gasteiger charge is -2.41. The van der Waals surface area contributed by atoms with Crippen molar-refractivity contribution in [1.82, 2.24) is 4.48 Å². The van der Waals surface area contributed by atoms with Crippen molar-refractivity contribution >= 4 is 110 Å². The Balaban J connectivity index is 1.34. The molecule has 8 aromatic carbocycles. The van der Waals surface area contributed by atoms with Crippen LogP contribution < -0.4 is 15.8 Å². The molecule has 2 aliphatic heterocycles. The highest BCUT2D eigenvalue weighted by molar-refractivity contribution is 7.26. The molecule has 0 bridgehead atoms. The van der Waals surface area contributed by atoms with Gasteiger partial charge >= 0.3 is 6.85 Å². The molecular weight excluding hydrogens is 599 g/mol. The molecule has 0 spiro atoms. The fourth-order valence-electron chi connectivity index (χ4n) is 8.94. The Kier molecular flexibility index (Phi) is 4.71. The van der Waals surface area contributed by atoms with Crippen LogP contribution in [0.4, 0.5) is 17.1 Å². The summed E-state index contributed by atoms with van der Waals surface area (Å²) >= 11 is 1.92. The molecule has 12 rings (SSSR count). The summed E-state index contributed by atoms with van der Waals surface area (Å²) in [6, 6.07) is 56.9. The topological polar surface area (TPSA) is 8.17 Å². The number of hydrogen-bond donors (Lipinski definition) is 0. The quantitative estimate of drug-likeness (QED) is 0.165. The Morgan fingerprint density at radius 2 is 1.21 bits per heavy atom. The second-order valence-electron chi connectivity index (χ2n) is 13.3. The van der Waals surface area contributed by atoms with Crippen LogP contribution in [-0.2, 0) is 0 Å². The zero-order chi connectivity index (χ0) is 31.1. The maximum Gasteiger partial charge on any atom is 0.333 e. The van der Waals surface area contributed by atoms with Crippen molar-refractivity contribution in [3.63, 3.8) is 0 Å². The minimum absolute atomic E-state index is 0.0201. The fraction of sp³-hybridized carbons (Fsp3) is 0. The molecule has 2 aliphatic rings. The van der Waals surface area contributed by atoms with Gasteiger partial charge in [0, 0.05) is 58.9 Å². The lowest BCUT2D eigenvalue weighted by molar-refractivity contribution is 1.27. The van der Waals surface area contributed by atoms with Gasteiger partial charge in [0.05, 0.1) is 5.69 Å². The predicted octanol–water partition coefficient (Wildman–Crippen LogP) is 10.9. The number of anilines is 3. The highest BCUT2D eigenvalue weighted by Gasteiger charge is 2.44. The second kappa shape index (κ2) is 8.94. The molecule has 0 N–H and O–H groups in total. The molecule has 0 saturated carbocycles. The molecule has 4 heteroatoms. The summed E-state index contributed by atoms with van der Waals surface area (Å²) in [6.07, 6.45) is 0. The summed E-state index contributed by atoms with van der Waals surface area (Å²) in [7, 11) is 0. The van der Waals surface area contributed by atoms with Gasteiger partial charge in [-0.2, -0.15) is 0 Å². The Morgan fingerprint density at radius 1 is 0.500 bits per heavy atom. The summed E-state index contributed by atoms with van der Waals surface area (Å²) in [4.78, 5) is 2.60. The number of para-hydroxylation sites is 2. The van der Waals surface area contributed by atoms with Crippen molar-refractivity contribution < 1.29 is 0 Å². The average Bonchev–Trinajstić information content (AvgIpc) is 3.68. The van der Waals surface area contributed by atoms with Crippen LogP contribution in [0, 0.1) is 0 Å². The van der Waals surface area contributed by atoms with E-state index >= 15 is 0 Å². The van der Waals surface area contributed by atoms with Crippen LogP contribution in [0.5, 0.6) is 0 Å². The van der Waals surface area contributed by atoms with Gasteiger partial charge in [0.1, 0.15) is 0 Å². The summed E-state index contributed by atoms with van der Waals surface area (Å²) in [5.74, 6) is 0. The van der Waals surface area contributed by atoms with E-state index in [0.29, 0.717) is 0 Å². The van der Waals surface area contributed by atoms with E-state index in [1.807, 2.05) is 11.3 Å². The van der Waals surface area contributed by atoms with Gasteiger partial charge in [0.2, 0.25) is 0 Å². The molecule has 2 aromatic heterocycles. The molecule has 0 atom stereocenters. The van der Waals surface area contributed by atoms with Crippen molar-refractivity contribution in [2.75, 3.05) is 4.90 Å². The number of nitrogens with zero attached hydrogens (tertiary/aromatic N) is 2. The van der Waals surface area contributed by atoms with Crippen LogP contribution in [0.2, 0.25) is 0 Å². The number of aromatic nitrogens is 1. The Hall–Kier alpha value is -5.84. The zero-order valence-electron chi connectivity index (χ0n) is 25.8. The van der Waals surface area contributed by atoms with Crippen LogP contribution in [0.15, 0.2) is 152 Å². The van der Waals surface area contributed by atoms with E-state index < -0.39 is 0 Å². The normalized spacial score (nSPS) is 13.3. The standard InChI is InChI=1S/C44H25BN2S/c1-2-11-27-22-30(21-20-26(27)10-1)46-38-24-29-13-4-3-12-28(29)23-36(38)45-42-35(25-40-41(44(42)46)34-15-6-8-19-39(34)48-40)33-17-9-16-32-31-14-5-7-18-37(31)47(45)43(32)33/h1-25H. The van der Waals surface area contributed by atoms with Crippen LogP contribution in [0.3, 0.4) is 0 Å². The molecular formula is C44H25BN2S. The smallest absolute Gasteiger partial charge is 0.333 e. The Morgan fingerprint density at radius 3 is 2.08 bits per heavy atom. The van der Waals surface area contributed by atoms with Gasteiger partial charge in [-0.05, 0) is 74.4 Å². The van der Waals surface area contributed by atoms with E-state index in [4.69, 9.17) is 0 Å². The van der Waals surface area contributed by atoms with Crippen molar-refractivity contribution in [2.45, 2.75) is 0 Å². The first kappa shape index (κ1) is 25.3. The largest absolute Gasteiger partial charge is 0.375 e. The Bertz CT molecular complexity index is 3040. The first-order valence-electron chi connectivity index (χ1n) is 16.6. The number of thiophene rings is 1. The summed E-state index contributed by atoms with van der Waals surface area (Å²) in [6.45, 7) is 0.0201. The summed E-state index contributed by atoms with van der Waals surface area (Å²) in [5.41, 5.74) is 11.8. The third kappa shape index (κ3) is 3.09. The second-order valence-corrected chi connectivity index (χ2v) is 14.4. The minimum atomic E-state index is 0.0201. The molecule has 0 saturated heterocycles. The molecule has 0 aliphatic carbocycles. The van der Waals surface area contributed by atoms with Crippen molar-refractivity contribution in [3.8, 4) is 11.1 Å². The third-order valence-electron chi connectivity index (χ3n) is 10.9. The van der Waals surface area contributed by atoms with Gasteiger partial charge in [-0.3, -0.25) is 0 Å². The summed E-state index contributed by atoms with van der Waals surface area (Å²) < 4.78 is 5.33. The molecule has 0 radical (unpaired) electrons. The van der Waals surface area contributed by atoms with Gasteiger partial charge in [0.15, 0.2) is 0 Å². The van der Waals surface area contributed by atoms with Crippen molar-refractivity contribution in [3.05, 3.63) is 152 Å². The molecule has 0 fully saturated rings. The van der Waals surface area contributed by atoms with E-state index in [0.717, 1.165) is 0 Å². The van der Waals surface area contributed by atoms with Gasteiger partial charge in [-0.15, -0.1) is 11.3 Å². The number of benzene rings is 8. The average molecular weight is 625 g/mol. The molecule has 2 nitrogen and oxygen atoms in total. The molecule has 10 aromatic rings. The zero-order valence-corrected chi connectivity index (χ0v) is 26.6. The van der Waals surface area contributed by atoms with E-state index in [1.54, 1.807) is 0 Å². The maximum atomic E-state index is 2.66. The van der Waals surface area contributed by atoms with Crippen LogP contribution in [0.1, 0.15) is 0 Å². The van der Waals surface area contributed by atoms with E-state index in [-0.39, 0.29) is 6.85 Å².